The highest BCUT2D eigenvalue weighted by Crippen LogP contribution is 2.33. The molecule has 0 bridgehead atoms. The van der Waals surface area contributed by atoms with Crippen LogP contribution in [0.3, 0.4) is 0 Å². The summed E-state index contributed by atoms with van der Waals surface area (Å²) in [6.45, 7) is 2.53. The van der Waals surface area contributed by atoms with Gasteiger partial charge in [0.1, 0.15) is 6.04 Å². The second-order valence-electron chi connectivity index (χ2n) is 7.92. The third kappa shape index (κ3) is 4.28. The number of benzene rings is 2. The number of imide groups is 1. The van der Waals surface area contributed by atoms with Gasteiger partial charge in [0.15, 0.2) is 5.88 Å². The number of piperidine rings is 1. The molecule has 2 heterocycles. The number of carbonyl (C=O) groups is 3. The lowest BCUT2D eigenvalue weighted by Gasteiger charge is -2.22. The second kappa shape index (κ2) is 8.72. The molecule has 0 radical (unpaired) electrons. The highest BCUT2D eigenvalue weighted by molar-refractivity contribution is 6.00. The van der Waals surface area contributed by atoms with Crippen molar-refractivity contribution in [3.8, 4) is 5.88 Å². The van der Waals surface area contributed by atoms with Crippen molar-refractivity contribution in [3.05, 3.63) is 59.3 Å². The molecule has 0 spiro atoms. The summed E-state index contributed by atoms with van der Waals surface area (Å²) in [5.41, 5.74) is 9.11. The fourth-order valence-electron chi connectivity index (χ4n) is 3.90. The second-order valence-corrected chi connectivity index (χ2v) is 7.92. The zero-order valence-corrected chi connectivity index (χ0v) is 17.6. The molecule has 9 heteroatoms. The molecule has 1 atom stereocenters. The van der Waals surface area contributed by atoms with E-state index in [2.05, 4.69) is 16.0 Å². The number of fused-ring (bicyclic) bond motifs is 1. The minimum atomic E-state index is -0.640. The Bertz CT molecular complexity index is 1220. The molecule has 0 saturated carbocycles. The normalized spacial score (nSPS) is 16.1. The highest BCUT2D eigenvalue weighted by atomic mass is 16.3. The molecule has 1 fully saturated rings. The van der Waals surface area contributed by atoms with E-state index in [-0.39, 0.29) is 30.8 Å². The van der Waals surface area contributed by atoms with Gasteiger partial charge in [-0.2, -0.15) is 0 Å². The lowest BCUT2D eigenvalue weighted by Crippen LogP contribution is -2.41. The summed E-state index contributed by atoms with van der Waals surface area (Å²) in [5.74, 6) is -0.762. The van der Waals surface area contributed by atoms with Gasteiger partial charge in [0.2, 0.25) is 11.8 Å². The van der Waals surface area contributed by atoms with E-state index in [0.717, 1.165) is 22.1 Å². The van der Waals surface area contributed by atoms with Gasteiger partial charge in [-0.25, -0.2) is 4.79 Å². The summed E-state index contributed by atoms with van der Waals surface area (Å²) in [5, 5.41) is 19.9. The van der Waals surface area contributed by atoms with Crippen molar-refractivity contribution in [2.24, 2.45) is 5.73 Å². The van der Waals surface area contributed by atoms with Crippen LogP contribution in [0.5, 0.6) is 5.88 Å². The largest absolute Gasteiger partial charge is 0.494 e. The third-order valence-corrected chi connectivity index (χ3v) is 5.61. The van der Waals surface area contributed by atoms with Crippen molar-refractivity contribution in [2.75, 3.05) is 5.32 Å². The van der Waals surface area contributed by atoms with Crippen molar-refractivity contribution < 1.29 is 19.5 Å². The third-order valence-electron chi connectivity index (χ3n) is 5.61. The fourth-order valence-corrected chi connectivity index (χ4v) is 3.90. The minimum absolute atomic E-state index is 0.0273. The van der Waals surface area contributed by atoms with Gasteiger partial charge in [0.05, 0.1) is 0 Å². The molecule has 1 saturated heterocycles. The lowest BCUT2D eigenvalue weighted by molar-refractivity contribution is -0.135. The maximum absolute atomic E-state index is 12.4. The van der Waals surface area contributed by atoms with E-state index in [0.29, 0.717) is 24.0 Å². The molecular formula is C23H25N5O4. The number of hydrogen-bond donors (Lipinski definition) is 5. The number of nitrogens with zero attached hydrogens (tertiary/aromatic N) is 1. The molecule has 3 aromatic rings. The van der Waals surface area contributed by atoms with Crippen LogP contribution in [0.25, 0.3) is 10.8 Å². The molecule has 4 rings (SSSR count). The predicted molar refractivity (Wildman–Crippen MR) is 120 cm³/mol. The van der Waals surface area contributed by atoms with E-state index < -0.39 is 11.9 Å². The van der Waals surface area contributed by atoms with Gasteiger partial charge in [-0.1, -0.05) is 18.2 Å². The molecule has 1 aromatic heterocycles. The van der Waals surface area contributed by atoms with Gasteiger partial charge in [-0.3, -0.25) is 14.9 Å². The molecule has 6 N–H and O–H groups in total. The number of anilines is 1. The number of hydrogen-bond acceptors (Lipinski definition) is 5. The van der Waals surface area contributed by atoms with E-state index in [1.54, 1.807) is 18.3 Å². The van der Waals surface area contributed by atoms with Crippen molar-refractivity contribution in [1.82, 2.24) is 15.2 Å². The number of carbonyl (C=O) groups excluding carboxylic acids is 3. The molecule has 0 aliphatic carbocycles. The number of aromatic nitrogens is 1. The first-order valence-electron chi connectivity index (χ1n) is 10.4. The van der Waals surface area contributed by atoms with Crippen LogP contribution in [0.2, 0.25) is 0 Å². The molecule has 9 nitrogen and oxygen atoms in total. The molecule has 166 valence electrons. The molecule has 1 unspecified atom stereocenters. The zero-order valence-electron chi connectivity index (χ0n) is 17.6. The van der Waals surface area contributed by atoms with Crippen LogP contribution in [0.15, 0.2) is 42.6 Å². The number of nitrogens with one attached hydrogen (secondary N) is 3. The Hall–Kier alpha value is -3.85. The molecule has 1 aliphatic rings. The number of aryl methyl sites for hydroxylation is 1. The first kappa shape index (κ1) is 21.4. The Morgan fingerprint density at radius 2 is 2.06 bits per heavy atom. The Labute approximate surface area is 184 Å². The van der Waals surface area contributed by atoms with E-state index in [1.165, 1.54) is 4.57 Å². The number of urea groups is 1. The van der Waals surface area contributed by atoms with E-state index in [9.17, 15) is 19.5 Å². The Morgan fingerprint density at radius 1 is 1.25 bits per heavy atom. The fraction of sp³-hybridized carbons (Fsp3) is 0.261. The van der Waals surface area contributed by atoms with Crippen LogP contribution < -0.4 is 21.7 Å². The highest BCUT2D eigenvalue weighted by Gasteiger charge is 2.30. The van der Waals surface area contributed by atoms with Crippen molar-refractivity contribution in [1.29, 1.82) is 0 Å². The summed E-state index contributed by atoms with van der Waals surface area (Å²) in [6, 6.07) is 10.1. The summed E-state index contributed by atoms with van der Waals surface area (Å²) in [4.78, 5) is 35.9. The van der Waals surface area contributed by atoms with Gasteiger partial charge < -0.3 is 26.0 Å². The number of amides is 4. The molecular weight excluding hydrogens is 410 g/mol. The van der Waals surface area contributed by atoms with Crippen LogP contribution in [-0.2, 0) is 22.7 Å². The minimum Gasteiger partial charge on any atom is -0.494 e. The maximum atomic E-state index is 12.4. The van der Waals surface area contributed by atoms with Crippen molar-refractivity contribution >= 4 is 34.3 Å². The number of aromatic hydroxyl groups is 1. The quantitative estimate of drug-likeness (QED) is 0.392. The van der Waals surface area contributed by atoms with Crippen LogP contribution in [0.4, 0.5) is 10.5 Å². The van der Waals surface area contributed by atoms with Crippen LogP contribution in [0, 0.1) is 6.92 Å². The molecule has 1 aliphatic heterocycles. The van der Waals surface area contributed by atoms with E-state index in [1.807, 2.05) is 31.2 Å². The van der Waals surface area contributed by atoms with E-state index in [4.69, 9.17) is 5.73 Å². The summed E-state index contributed by atoms with van der Waals surface area (Å²) < 4.78 is 1.49. The van der Waals surface area contributed by atoms with Crippen molar-refractivity contribution in [3.63, 3.8) is 0 Å². The predicted octanol–water partition coefficient (Wildman–Crippen LogP) is 2.41. The lowest BCUT2D eigenvalue weighted by atomic mass is 10.1. The molecule has 4 amide bonds. The Kier molecular flexibility index (Phi) is 5.83. The van der Waals surface area contributed by atoms with E-state index >= 15 is 0 Å². The Balaban J connectivity index is 1.46. The van der Waals surface area contributed by atoms with Crippen LogP contribution in [-0.4, -0.2) is 27.5 Å². The monoisotopic (exact) mass is 435 g/mol. The van der Waals surface area contributed by atoms with Gasteiger partial charge in [0, 0.05) is 42.2 Å². The topological polar surface area (TPSA) is 138 Å². The number of nitrogens with two attached hydrogens (primary N) is 1. The zero-order chi connectivity index (χ0) is 22.8. The number of rotatable bonds is 5. The van der Waals surface area contributed by atoms with Gasteiger partial charge >= 0.3 is 6.03 Å². The smallest absolute Gasteiger partial charge is 0.319 e. The Morgan fingerprint density at radius 3 is 2.81 bits per heavy atom. The van der Waals surface area contributed by atoms with Gasteiger partial charge in [-0.05, 0) is 48.2 Å². The SMILES string of the molecule is Cc1ccc(CN)c(NC(=O)NCc2ccc3c(O)n(C4CCC(=O)NC4=O)cc3c2)c1. The first-order chi connectivity index (χ1) is 15.4. The molecule has 32 heavy (non-hydrogen) atoms. The van der Waals surface area contributed by atoms with Gasteiger partial charge in [-0.15, -0.1) is 0 Å². The maximum Gasteiger partial charge on any atom is 0.319 e. The summed E-state index contributed by atoms with van der Waals surface area (Å²) >= 11 is 0. The van der Waals surface area contributed by atoms with Crippen LogP contribution in [0.1, 0.15) is 35.6 Å². The summed E-state index contributed by atoms with van der Waals surface area (Å²) in [6.07, 6.45) is 2.24. The average Bonchev–Trinajstić information content (AvgIpc) is 3.08. The molecule has 2 aromatic carbocycles. The van der Waals surface area contributed by atoms with Gasteiger partial charge in [0.25, 0.3) is 0 Å². The average molecular weight is 435 g/mol. The van der Waals surface area contributed by atoms with Crippen molar-refractivity contribution in [2.45, 2.75) is 38.9 Å². The standard InChI is InChI=1S/C23H25N5O4/c1-13-2-4-15(10-24)18(8-13)26-23(32)25-11-14-3-5-17-16(9-14)12-28(22(17)31)19-6-7-20(29)27-21(19)30/h2-5,8-9,12,19,31H,6-7,10-11,24H2,1H3,(H2,25,26,32)(H,27,29,30). The summed E-state index contributed by atoms with van der Waals surface area (Å²) in [7, 11) is 0. The first-order valence-corrected chi connectivity index (χ1v) is 10.4. The van der Waals surface area contributed by atoms with Crippen LogP contribution >= 0.6 is 0 Å².